The Kier molecular flexibility index (Phi) is 13.7. The van der Waals surface area contributed by atoms with Gasteiger partial charge in [-0.2, -0.15) is 10.2 Å². The number of aliphatic hydroxyl groups is 1. The van der Waals surface area contributed by atoms with Crippen LogP contribution in [0, 0.1) is 13.8 Å². The second-order valence-electron chi connectivity index (χ2n) is 14.8. The molecular formula is C42H53N13O6S. The first-order chi connectivity index (χ1) is 29.9. The Hall–Kier alpha value is -6.06. The number of rotatable bonds is 18. The van der Waals surface area contributed by atoms with Crippen LogP contribution in [0.4, 0.5) is 11.9 Å². The molecule has 0 bridgehead atoms. The Morgan fingerprint density at radius 2 is 1.44 bits per heavy atom. The third-order valence-electron chi connectivity index (χ3n) is 10.5. The molecule has 1 unspecified atom stereocenters. The van der Waals surface area contributed by atoms with Gasteiger partial charge in [0.2, 0.25) is 17.8 Å². The van der Waals surface area contributed by atoms with Crippen molar-refractivity contribution in [3.05, 3.63) is 82.5 Å². The molecule has 3 amide bonds. The number of fused-ring (bicyclic) bond motifs is 2. The van der Waals surface area contributed by atoms with E-state index in [9.17, 15) is 19.5 Å². The van der Waals surface area contributed by atoms with Gasteiger partial charge in [-0.05, 0) is 88.4 Å². The molecular weight excluding hydrogens is 815 g/mol. The number of nitrogens with zero attached hydrogens (tertiary/aromatic N) is 9. The first-order valence-electron chi connectivity index (χ1n) is 20.5. The molecule has 1 atom stereocenters. The number of imidazole rings is 2. The minimum atomic E-state index is -1.24. The Balaban J connectivity index is 1.25. The average Bonchev–Trinajstić information content (AvgIpc) is 4.03. The molecule has 0 spiro atoms. The summed E-state index contributed by atoms with van der Waals surface area (Å²) in [6.07, 6.45) is 3.51. The first kappa shape index (κ1) is 44.0. The zero-order chi connectivity index (χ0) is 44.1. The lowest BCUT2D eigenvalue weighted by atomic mass is 10.1. The number of nitrogens with two attached hydrogens (primary N) is 2. The Bertz CT molecular complexity index is 2640. The van der Waals surface area contributed by atoms with E-state index >= 15 is 0 Å². The fourth-order valence-electron chi connectivity index (χ4n) is 7.53. The number of anilines is 2. The maximum Gasteiger partial charge on any atom is 0.276 e. The molecule has 328 valence electrons. The Morgan fingerprint density at radius 3 is 1.97 bits per heavy atom. The van der Waals surface area contributed by atoms with Crippen LogP contribution in [0.25, 0.3) is 22.1 Å². The molecule has 1 aliphatic heterocycles. The molecule has 0 radical (unpaired) electrons. The van der Waals surface area contributed by atoms with Gasteiger partial charge in [-0.3, -0.25) is 39.3 Å². The number of carbonyl (C=O) groups excluding carboxylic acids is 3. The largest absolute Gasteiger partial charge is 0.494 e. The topological polar surface area (TPSA) is 241 Å². The maximum atomic E-state index is 13.9. The number of nitrogens with one attached hydrogen (secondary N) is 2. The molecule has 1 saturated heterocycles. The number of benzene rings is 2. The Labute approximate surface area is 362 Å². The lowest BCUT2D eigenvalue weighted by Crippen LogP contribution is -2.36. The molecule has 5 heterocycles. The minimum Gasteiger partial charge on any atom is -0.494 e. The fraction of sp³-hybridized carbons (Fsp3) is 0.405. The van der Waals surface area contributed by atoms with Crippen molar-refractivity contribution < 1.29 is 29.0 Å². The number of carbonyl (C=O) groups is 3. The molecule has 7 rings (SSSR count). The van der Waals surface area contributed by atoms with Crippen molar-refractivity contribution in [2.24, 2.45) is 11.5 Å². The van der Waals surface area contributed by atoms with Crippen molar-refractivity contribution >= 4 is 63.4 Å². The molecule has 62 heavy (non-hydrogen) atoms. The fourth-order valence-corrected chi connectivity index (χ4v) is 8.59. The second kappa shape index (κ2) is 19.3. The number of morpholine rings is 1. The molecule has 2 aromatic carbocycles. The smallest absolute Gasteiger partial charge is 0.276 e. The molecule has 0 saturated carbocycles. The zero-order valence-electron chi connectivity index (χ0n) is 35.6. The van der Waals surface area contributed by atoms with Crippen LogP contribution >= 0.6 is 11.8 Å². The predicted molar refractivity (Wildman–Crippen MR) is 237 cm³/mol. The van der Waals surface area contributed by atoms with E-state index < -0.39 is 18.0 Å². The second-order valence-corrected chi connectivity index (χ2v) is 16.0. The van der Waals surface area contributed by atoms with Gasteiger partial charge in [0.05, 0.1) is 48.3 Å². The van der Waals surface area contributed by atoms with Crippen LogP contribution in [-0.4, -0.2) is 112 Å². The van der Waals surface area contributed by atoms with Gasteiger partial charge in [-0.1, -0.05) is 12.2 Å². The van der Waals surface area contributed by atoms with Crippen LogP contribution in [0.3, 0.4) is 0 Å². The van der Waals surface area contributed by atoms with Crippen LogP contribution in [0.1, 0.15) is 74.8 Å². The highest BCUT2D eigenvalue weighted by Gasteiger charge is 2.24. The number of hydrogen-bond acceptors (Lipinski definition) is 13. The summed E-state index contributed by atoms with van der Waals surface area (Å²) in [6.45, 7) is 13.1. The molecule has 20 heteroatoms. The van der Waals surface area contributed by atoms with Crippen LogP contribution in [0.5, 0.6) is 5.75 Å². The molecule has 0 aliphatic carbocycles. The zero-order valence-corrected chi connectivity index (χ0v) is 36.4. The van der Waals surface area contributed by atoms with E-state index in [4.69, 9.17) is 30.9 Å². The number of aromatic nitrogens is 8. The van der Waals surface area contributed by atoms with E-state index in [-0.39, 0.29) is 30.5 Å². The number of aryl methyl sites for hydroxylation is 4. The van der Waals surface area contributed by atoms with E-state index in [1.807, 2.05) is 50.5 Å². The molecule has 7 N–H and O–H groups in total. The molecule has 1 fully saturated rings. The SMILES string of the molecule is CCn1nc(C)cc1C(=O)Nc1nc2cc(C(N)=O)cc(OC)c2n1C/C=C/Cn1c(NC(=O)c2cc(C)nn2CC)nc2cc(C(N)O)cc(SCCCN3CCOCC3)c21. The van der Waals surface area contributed by atoms with Crippen molar-refractivity contribution in [3.8, 4) is 5.75 Å². The highest BCUT2D eigenvalue weighted by molar-refractivity contribution is 7.99. The van der Waals surface area contributed by atoms with Crippen molar-refractivity contribution in [3.63, 3.8) is 0 Å². The predicted octanol–water partition coefficient (Wildman–Crippen LogP) is 4.07. The lowest BCUT2D eigenvalue weighted by molar-refractivity contribution is 0.0381. The number of primary amides is 1. The summed E-state index contributed by atoms with van der Waals surface area (Å²) in [6, 6.07) is 10.1. The number of methoxy groups -OCH3 is 1. The number of hydrogen-bond donors (Lipinski definition) is 5. The van der Waals surface area contributed by atoms with E-state index in [0.717, 1.165) is 55.4 Å². The summed E-state index contributed by atoms with van der Waals surface area (Å²) in [5.41, 5.74) is 16.8. The van der Waals surface area contributed by atoms with E-state index in [2.05, 4.69) is 25.7 Å². The summed E-state index contributed by atoms with van der Waals surface area (Å²) in [5, 5.41) is 25.4. The van der Waals surface area contributed by atoms with E-state index in [0.29, 0.717) is 69.7 Å². The number of ether oxygens (including phenoxy) is 2. The average molecular weight is 868 g/mol. The Morgan fingerprint density at radius 1 is 0.871 bits per heavy atom. The maximum absolute atomic E-state index is 13.9. The third kappa shape index (κ3) is 9.53. The van der Waals surface area contributed by atoms with Crippen LogP contribution in [0.15, 0.2) is 53.4 Å². The van der Waals surface area contributed by atoms with Crippen LogP contribution in [0.2, 0.25) is 0 Å². The molecule has 6 aromatic rings. The van der Waals surface area contributed by atoms with Gasteiger partial charge >= 0.3 is 0 Å². The standard InChI is InChI=1S/C42H53N13O6S/c1-6-54-31(19-25(3)49-54)39(58)47-41-45-29-21-27(37(43)56)23-33(60-5)35(29)52(41)12-8-9-13-53-36-30(46-42(53)48-40(59)32-20-26(4)50-55(32)7-2)22-28(38(44)57)24-34(36)62-18-10-11-51-14-16-61-17-15-51/h8-9,19-24,38,57H,6-7,10-18,44H2,1-5H3,(H2,43,56)(H,45,47,58)(H,46,48,59)/b9-8+. The van der Waals surface area contributed by atoms with Gasteiger partial charge in [0.1, 0.15) is 28.9 Å². The van der Waals surface area contributed by atoms with Crippen LogP contribution < -0.4 is 26.8 Å². The first-order valence-corrected chi connectivity index (χ1v) is 21.5. The highest BCUT2D eigenvalue weighted by Crippen LogP contribution is 2.35. The molecule has 1 aliphatic rings. The quantitative estimate of drug-likeness (QED) is 0.0355. The number of thioether (sulfide) groups is 1. The van der Waals surface area contributed by atoms with Gasteiger partial charge in [0, 0.05) is 49.7 Å². The monoisotopic (exact) mass is 867 g/mol. The minimum absolute atomic E-state index is 0.200. The van der Waals surface area contributed by atoms with E-state index in [1.54, 1.807) is 56.0 Å². The van der Waals surface area contributed by atoms with E-state index in [1.165, 1.54) is 7.11 Å². The van der Waals surface area contributed by atoms with Crippen molar-refractivity contribution in [1.82, 2.24) is 43.6 Å². The molecule has 19 nitrogen and oxygen atoms in total. The van der Waals surface area contributed by atoms with Crippen molar-refractivity contribution in [1.29, 1.82) is 0 Å². The van der Waals surface area contributed by atoms with Gasteiger partial charge in [0.15, 0.2) is 0 Å². The number of aliphatic hydroxyl groups excluding tert-OH is 1. The van der Waals surface area contributed by atoms with Gasteiger partial charge < -0.3 is 35.2 Å². The summed E-state index contributed by atoms with van der Waals surface area (Å²) < 4.78 is 18.2. The summed E-state index contributed by atoms with van der Waals surface area (Å²) >= 11 is 1.64. The normalized spacial score (nSPS) is 14.0. The van der Waals surface area contributed by atoms with Crippen LogP contribution in [-0.2, 0) is 30.9 Å². The summed E-state index contributed by atoms with van der Waals surface area (Å²) in [7, 11) is 1.48. The van der Waals surface area contributed by atoms with Gasteiger partial charge in [-0.25, -0.2) is 9.97 Å². The third-order valence-corrected chi connectivity index (χ3v) is 11.6. The van der Waals surface area contributed by atoms with Crippen molar-refractivity contribution in [2.75, 3.05) is 56.3 Å². The number of allylic oxidation sites excluding steroid dienone is 2. The molecule has 4 aromatic heterocycles. The number of amides is 3. The lowest BCUT2D eigenvalue weighted by Gasteiger charge is -2.26. The summed E-state index contributed by atoms with van der Waals surface area (Å²) in [5.74, 6) is 0.188. The van der Waals surface area contributed by atoms with Crippen molar-refractivity contribution in [2.45, 2.75) is 71.4 Å². The highest BCUT2D eigenvalue weighted by atomic mass is 32.2. The summed E-state index contributed by atoms with van der Waals surface area (Å²) in [4.78, 5) is 52.6. The van der Waals surface area contributed by atoms with Gasteiger partial charge in [0.25, 0.3) is 11.8 Å². The van der Waals surface area contributed by atoms with Gasteiger partial charge in [-0.15, -0.1) is 11.8 Å².